The number of methoxy groups -OCH3 is 1. The molecule has 0 heterocycles. The summed E-state index contributed by atoms with van der Waals surface area (Å²) in [5.74, 6) is 1.24. The maximum Gasteiger partial charge on any atom is 0.222 e. The highest BCUT2D eigenvalue weighted by Crippen LogP contribution is 2.19. The molecule has 4 heteroatoms. The summed E-state index contributed by atoms with van der Waals surface area (Å²) >= 11 is 0. The van der Waals surface area contributed by atoms with Crippen LogP contribution in [-0.4, -0.2) is 30.1 Å². The Morgan fingerprint density at radius 1 is 1.08 bits per heavy atom. The zero-order valence-electron chi connectivity index (χ0n) is 14.4. The number of benzene rings is 2. The van der Waals surface area contributed by atoms with Crippen LogP contribution < -0.4 is 4.74 Å². The summed E-state index contributed by atoms with van der Waals surface area (Å²) in [4.78, 5) is 14.0. The van der Waals surface area contributed by atoms with Gasteiger partial charge in [0.2, 0.25) is 5.91 Å². The molecule has 0 fully saturated rings. The molecule has 4 nitrogen and oxygen atoms in total. The van der Waals surface area contributed by atoms with E-state index in [-0.39, 0.29) is 11.7 Å². The van der Waals surface area contributed by atoms with Gasteiger partial charge in [0.15, 0.2) is 0 Å². The minimum atomic E-state index is 0.145. The molecule has 2 aromatic rings. The first kappa shape index (κ1) is 17.9. The van der Waals surface area contributed by atoms with Gasteiger partial charge >= 0.3 is 0 Å². The molecule has 0 aromatic heterocycles. The molecule has 0 radical (unpaired) electrons. The van der Waals surface area contributed by atoms with Crippen molar-refractivity contribution < 1.29 is 14.6 Å². The van der Waals surface area contributed by atoms with Crippen molar-refractivity contribution in [3.8, 4) is 11.5 Å². The van der Waals surface area contributed by atoms with Gasteiger partial charge in [0, 0.05) is 25.6 Å². The van der Waals surface area contributed by atoms with Crippen LogP contribution in [0, 0.1) is 0 Å². The zero-order valence-corrected chi connectivity index (χ0v) is 14.4. The lowest BCUT2D eigenvalue weighted by atomic mass is 10.1. The normalized spacial score (nSPS) is 10.4. The highest BCUT2D eigenvalue weighted by atomic mass is 16.5. The lowest BCUT2D eigenvalue weighted by molar-refractivity contribution is -0.130. The molecule has 24 heavy (non-hydrogen) atoms. The summed E-state index contributed by atoms with van der Waals surface area (Å²) in [6.45, 7) is 0.556. The Kier molecular flexibility index (Phi) is 6.67. The van der Waals surface area contributed by atoms with Crippen LogP contribution >= 0.6 is 0 Å². The van der Waals surface area contributed by atoms with Gasteiger partial charge in [-0.15, -0.1) is 0 Å². The summed E-state index contributed by atoms with van der Waals surface area (Å²) in [6.07, 6.45) is 3.28. The largest absolute Gasteiger partial charge is 0.508 e. The molecule has 1 N–H and O–H groups in total. The van der Waals surface area contributed by atoms with Crippen LogP contribution in [0.4, 0.5) is 0 Å². The molecular weight excluding hydrogens is 302 g/mol. The third-order valence-corrected chi connectivity index (χ3v) is 4.07. The van der Waals surface area contributed by atoms with E-state index in [2.05, 4.69) is 0 Å². The van der Waals surface area contributed by atoms with Crippen molar-refractivity contribution >= 4 is 5.91 Å². The fourth-order valence-electron chi connectivity index (χ4n) is 2.64. The quantitative estimate of drug-likeness (QED) is 0.751. The fraction of sp³-hybridized carbons (Fsp3) is 0.350. The number of aromatic hydroxyl groups is 1. The van der Waals surface area contributed by atoms with E-state index >= 15 is 0 Å². The number of aryl methyl sites for hydroxylation is 1. The molecule has 0 aliphatic rings. The van der Waals surface area contributed by atoms with Crippen molar-refractivity contribution in [2.75, 3.05) is 14.2 Å². The van der Waals surface area contributed by atoms with Crippen LogP contribution in [0.25, 0.3) is 0 Å². The number of nitrogens with zero attached hydrogens (tertiary/aromatic N) is 1. The van der Waals surface area contributed by atoms with Crippen LogP contribution in [0.15, 0.2) is 48.5 Å². The minimum absolute atomic E-state index is 0.145. The smallest absolute Gasteiger partial charge is 0.222 e. The first-order valence-electron chi connectivity index (χ1n) is 8.24. The van der Waals surface area contributed by atoms with E-state index in [1.165, 1.54) is 5.56 Å². The topological polar surface area (TPSA) is 49.8 Å². The Labute approximate surface area is 143 Å². The molecule has 0 aliphatic heterocycles. The summed E-state index contributed by atoms with van der Waals surface area (Å²) in [6, 6.07) is 15.0. The second-order valence-corrected chi connectivity index (χ2v) is 5.94. The van der Waals surface area contributed by atoms with Gasteiger partial charge in [0.25, 0.3) is 0 Å². The first-order chi connectivity index (χ1) is 11.6. The molecule has 0 bridgehead atoms. The van der Waals surface area contributed by atoms with Crippen molar-refractivity contribution in [1.82, 2.24) is 4.90 Å². The lowest BCUT2D eigenvalue weighted by Gasteiger charge is -2.18. The van der Waals surface area contributed by atoms with E-state index in [1.807, 2.05) is 43.4 Å². The number of amides is 1. The minimum Gasteiger partial charge on any atom is -0.508 e. The van der Waals surface area contributed by atoms with Crippen molar-refractivity contribution in [2.24, 2.45) is 0 Å². The second kappa shape index (κ2) is 8.96. The standard InChI is InChI=1S/C20H25NO3/c1-21(15-17-8-4-5-9-19(17)24-2)20(23)10-6-3-7-16-11-13-18(22)14-12-16/h4-5,8-9,11-14,22H,3,6-7,10,15H2,1-2H3. The third kappa shape index (κ3) is 5.30. The van der Waals surface area contributed by atoms with E-state index in [1.54, 1.807) is 24.1 Å². The molecule has 0 unspecified atom stereocenters. The number of ether oxygens (including phenoxy) is 1. The van der Waals surface area contributed by atoms with Gasteiger partial charge in [0.05, 0.1) is 7.11 Å². The predicted molar refractivity (Wildman–Crippen MR) is 95.1 cm³/mol. The number of hydrogen-bond donors (Lipinski definition) is 1. The number of rotatable bonds is 8. The van der Waals surface area contributed by atoms with Gasteiger partial charge in [-0.25, -0.2) is 0 Å². The fourth-order valence-corrected chi connectivity index (χ4v) is 2.64. The van der Waals surface area contributed by atoms with Crippen molar-refractivity contribution in [3.05, 3.63) is 59.7 Å². The first-order valence-corrected chi connectivity index (χ1v) is 8.24. The number of carbonyl (C=O) groups excluding carboxylic acids is 1. The highest BCUT2D eigenvalue weighted by Gasteiger charge is 2.11. The number of phenolic OH excluding ortho intramolecular Hbond substituents is 1. The van der Waals surface area contributed by atoms with Gasteiger partial charge in [-0.3, -0.25) is 4.79 Å². The van der Waals surface area contributed by atoms with Crippen LogP contribution in [0.3, 0.4) is 0 Å². The maximum atomic E-state index is 12.3. The van der Waals surface area contributed by atoms with Gasteiger partial charge < -0.3 is 14.7 Å². The zero-order chi connectivity index (χ0) is 17.4. The summed E-state index contributed by atoms with van der Waals surface area (Å²) in [7, 11) is 3.47. The second-order valence-electron chi connectivity index (χ2n) is 5.94. The molecule has 0 atom stereocenters. The van der Waals surface area contributed by atoms with Crippen molar-refractivity contribution in [1.29, 1.82) is 0 Å². The molecule has 2 rings (SSSR count). The van der Waals surface area contributed by atoms with Crippen molar-refractivity contribution in [2.45, 2.75) is 32.2 Å². The van der Waals surface area contributed by atoms with Crippen LogP contribution in [0.1, 0.15) is 30.4 Å². The molecule has 1 amide bonds. The van der Waals surface area contributed by atoms with Crippen LogP contribution in [-0.2, 0) is 17.8 Å². The molecule has 128 valence electrons. The van der Waals surface area contributed by atoms with Crippen LogP contribution in [0.5, 0.6) is 11.5 Å². The molecule has 0 spiro atoms. The van der Waals surface area contributed by atoms with Gasteiger partial charge in [-0.1, -0.05) is 30.3 Å². The monoisotopic (exact) mass is 327 g/mol. The number of hydrogen-bond acceptors (Lipinski definition) is 3. The Morgan fingerprint density at radius 3 is 2.50 bits per heavy atom. The van der Waals surface area contributed by atoms with E-state index < -0.39 is 0 Å². The van der Waals surface area contributed by atoms with E-state index in [0.29, 0.717) is 13.0 Å². The molecule has 0 aliphatic carbocycles. The van der Waals surface area contributed by atoms with E-state index in [9.17, 15) is 9.90 Å². The number of phenols is 1. The highest BCUT2D eigenvalue weighted by molar-refractivity contribution is 5.75. The predicted octanol–water partition coefficient (Wildman–Crippen LogP) is 3.77. The summed E-state index contributed by atoms with van der Waals surface area (Å²) in [5, 5.41) is 9.26. The Morgan fingerprint density at radius 2 is 1.79 bits per heavy atom. The van der Waals surface area contributed by atoms with Crippen molar-refractivity contribution in [3.63, 3.8) is 0 Å². The lowest BCUT2D eigenvalue weighted by Crippen LogP contribution is -2.26. The number of unbranched alkanes of at least 4 members (excludes halogenated alkanes) is 1. The summed E-state index contributed by atoms with van der Waals surface area (Å²) < 4.78 is 5.33. The Hall–Kier alpha value is -2.49. The molecule has 0 saturated heterocycles. The molecule has 2 aromatic carbocycles. The van der Waals surface area contributed by atoms with Gasteiger partial charge in [-0.2, -0.15) is 0 Å². The summed E-state index contributed by atoms with van der Waals surface area (Å²) in [5.41, 5.74) is 2.20. The maximum absolute atomic E-state index is 12.3. The van der Waals surface area contributed by atoms with E-state index in [4.69, 9.17) is 4.74 Å². The molecular formula is C20H25NO3. The number of para-hydroxylation sites is 1. The van der Waals surface area contributed by atoms with Gasteiger partial charge in [0.1, 0.15) is 11.5 Å². The Bertz CT molecular complexity index is 652. The average Bonchev–Trinajstić information content (AvgIpc) is 2.60. The average molecular weight is 327 g/mol. The van der Waals surface area contributed by atoms with Crippen LogP contribution in [0.2, 0.25) is 0 Å². The SMILES string of the molecule is COc1ccccc1CN(C)C(=O)CCCCc1ccc(O)cc1. The third-order valence-electron chi connectivity index (χ3n) is 4.07. The molecule has 0 saturated carbocycles. The van der Waals surface area contributed by atoms with Gasteiger partial charge in [-0.05, 0) is 43.0 Å². The number of carbonyl (C=O) groups is 1. The van der Waals surface area contributed by atoms with E-state index in [0.717, 1.165) is 30.6 Å². The Balaban J connectivity index is 1.74.